The van der Waals surface area contributed by atoms with E-state index in [2.05, 4.69) is 5.32 Å². The summed E-state index contributed by atoms with van der Waals surface area (Å²) in [5.74, 6) is -1.15. The van der Waals surface area contributed by atoms with Gasteiger partial charge in [0.2, 0.25) is 0 Å². The number of hydrogen-bond acceptors (Lipinski definition) is 3. The van der Waals surface area contributed by atoms with E-state index in [4.69, 9.17) is 0 Å². The maximum Gasteiger partial charge on any atom is 0.278 e. The molecule has 0 saturated carbocycles. The van der Waals surface area contributed by atoms with Gasteiger partial charge >= 0.3 is 0 Å². The lowest BCUT2D eigenvalue weighted by Gasteiger charge is -2.15. The molecule has 0 radical (unpaired) electrons. The molecule has 5 heteroatoms. The fourth-order valence-electron chi connectivity index (χ4n) is 3.86. The SMILES string of the molecule is Cc1cc(C)cc(NC2=C(c3ccc(F)cc3)C(=O)N(CCc3ccccc3)C2=O)c1. The van der Waals surface area contributed by atoms with Crippen molar-refractivity contribution in [2.24, 2.45) is 0 Å². The number of nitrogens with one attached hydrogen (secondary N) is 1. The Balaban J connectivity index is 1.69. The van der Waals surface area contributed by atoms with E-state index in [1.807, 2.05) is 62.4 Å². The second-order valence-corrected chi connectivity index (χ2v) is 7.76. The molecular weight excluding hydrogens is 391 g/mol. The highest BCUT2D eigenvalue weighted by molar-refractivity contribution is 6.36. The summed E-state index contributed by atoms with van der Waals surface area (Å²) >= 11 is 0. The lowest BCUT2D eigenvalue weighted by Crippen LogP contribution is -2.34. The van der Waals surface area contributed by atoms with Crippen molar-refractivity contribution >= 4 is 23.1 Å². The molecule has 3 aromatic rings. The van der Waals surface area contributed by atoms with E-state index >= 15 is 0 Å². The fourth-order valence-corrected chi connectivity index (χ4v) is 3.86. The number of nitrogens with zero attached hydrogens (tertiary/aromatic N) is 1. The molecule has 0 aliphatic carbocycles. The van der Waals surface area contributed by atoms with Crippen molar-refractivity contribution in [1.82, 2.24) is 4.90 Å². The van der Waals surface area contributed by atoms with Gasteiger partial charge in [0.1, 0.15) is 11.5 Å². The number of imide groups is 1. The predicted octanol–water partition coefficient (Wildman–Crippen LogP) is 4.88. The van der Waals surface area contributed by atoms with Gasteiger partial charge in [-0.15, -0.1) is 0 Å². The van der Waals surface area contributed by atoms with Crippen molar-refractivity contribution in [1.29, 1.82) is 0 Å². The molecule has 0 unspecified atom stereocenters. The first kappa shape index (κ1) is 20.5. The third-order valence-corrected chi connectivity index (χ3v) is 5.26. The van der Waals surface area contributed by atoms with Gasteiger partial charge in [-0.1, -0.05) is 48.5 Å². The highest BCUT2D eigenvalue weighted by atomic mass is 19.1. The normalized spacial score (nSPS) is 13.8. The Labute approximate surface area is 181 Å². The van der Waals surface area contributed by atoms with E-state index in [1.165, 1.54) is 29.2 Å². The van der Waals surface area contributed by atoms with E-state index in [1.54, 1.807) is 0 Å². The zero-order chi connectivity index (χ0) is 22.0. The van der Waals surface area contributed by atoms with Crippen molar-refractivity contribution in [2.45, 2.75) is 20.3 Å². The Bertz CT molecular complexity index is 1150. The van der Waals surface area contributed by atoms with Gasteiger partial charge in [0.15, 0.2) is 0 Å². The lowest BCUT2D eigenvalue weighted by molar-refractivity contribution is -0.136. The lowest BCUT2D eigenvalue weighted by atomic mass is 10.0. The van der Waals surface area contributed by atoms with Crippen LogP contribution >= 0.6 is 0 Å². The van der Waals surface area contributed by atoms with Crippen LogP contribution in [0.3, 0.4) is 0 Å². The largest absolute Gasteiger partial charge is 0.350 e. The van der Waals surface area contributed by atoms with E-state index in [9.17, 15) is 14.0 Å². The molecule has 2 amide bonds. The second kappa shape index (κ2) is 8.56. The Morgan fingerprint density at radius 1 is 0.839 bits per heavy atom. The van der Waals surface area contributed by atoms with Crippen molar-refractivity contribution < 1.29 is 14.0 Å². The molecule has 31 heavy (non-hydrogen) atoms. The fraction of sp³-hybridized carbons (Fsp3) is 0.154. The number of aryl methyl sites for hydroxylation is 2. The topological polar surface area (TPSA) is 49.4 Å². The molecule has 0 atom stereocenters. The second-order valence-electron chi connectivity index (χ2n) is 7.76. The quantitative estimate of drug-likeness (QED) is 0.585. The maximum atomic E-state index is 13.5. The van der Waals surface area contributed by atoms with E-state index in [-0.39, 0.29) is 29.6 Å². The van der Waals surface area contributed by atoms with Crippen molar-refractivity contribution in [2.75, 3.05) is 11.9 Å². The van der Waals surface area contributed by atoms with E-state index in [0.717, 1.165) is 22.4 Å². The molecule has 4 nitrogen and oxygen atoms in total. The number of carbonyl (C=O) groups is 2. The first-order valence-electron chi connectivity index (χ1n) is 10.2. The van der Waals surface area contributed by atoms with Crippen molar-refractivity contribution in [3.63, 3.8) is 0 Å². The van der Waals surface area contributed by atoms with Gasteiger partial charge in [0.25, 0.3) is 11.8 Å². The number of hydrogen-bond donors (Lipinski definition) is 1. The molecule has 156 valence electrons. The van der Waals surface area contributed by atoms with Gasteiger partial charge in [-0.2, -0.15) is 0 Å². The summed E-state index contributed by atoms with van der Waals surface area (Å²) in [6.07, 6.45) is 0.561. The van der Waals surface area contributed by atoms with E-state index < -0.39 is 5.82 Å². The highest BCUT2D eigenvalue weighted by Gasteiger charge is 2.39. The third-order valence-electron chi connectivity index (χ3n) is 5.26. The number of benzene rings is 3. The molecule has 0 saturated heterocycles. The number of amides is 2. The minimum absolute atomic E-state index is 0.217. The van der Waals surface area contributed by atoms with Gasteiger partial charge in [0, 0.05) is 12.2 Å². The van der Waals surface area contributed by atoms with Crippen LogP contribution in [-0.4, -0.2) is 23.3 Å². The van der Waals surface area contributed by atoms with Crippen LogP contribution in [-0.2, 0) is 16.0 Å². The van der Waals surface area contributed by atoms with E-state index in [0.29, 0.717) is 12.0 Å². The van der Waals surface area contributed by atoms with Gasteiger partial charge in [0.05, 0.1) is 5.57 Å². The summed E-state index contributed by atoms with van der Waals surface area (Å²) in [4.78, 5) is 27.8. The van der Waals surface area contributed by atoms with Crippen LogP contribution in [0.2, 0.25) is 0 Å². The zero-order valence-corrected chi connectivity index (χ0v) is 17.5. The monoisotopic (exact) mass is 414 g/mol. The Kier molecular flexibility index (Phi) is 5.67. The zero-order valence-electron chi connectivity index (χ0n) is 17.5. The molecule has 1 heterocycles. The summed E-state index contributed by atoms with van der Waals surface area (Å²) in [6.45, 7) is 4.22. The molecule has 4 rings (SSSR count). The molecule has 1 aliphatic rings. The number of rotatable bonds is 6. The summed E-state index contributed by atoms with van der Waals surface area (Å²) in [5, 5.41) is 3.17. The van der Waals surface area contributed by atoms with Gasteiger partial charge in [-0.3, -0.25) is 14.5 Å². The van der Waals surface area contributed by atoms with Crippen LogP contribution in [0.4, 0.5) is 10.1 Å². The molecule has 1 aliphatic heterocycles. The van der Waals surface area contributed by atoms with Gasteiger partial charge < -0.3 is 5.32 Å². The summed E-state index contributed by atoms with van der Waals surface area (Å²) in [6, 6.07) is 21.2. The Morgan fingerprint density at radius 2 is 1.48 bits per heavy atom. The predicted molar refractivity (Wildman–Crippen MR) is 120 cm³/mol. The Hall–Kier alpha value is -3.73. The molecule has 0 fully saturated rings. The minimum Gasteiger partial charge on any atom is -0.350 e. The average molecular weight is 414 g/mol. The van der Waals surface area contributed by atoms with Crippen LogP contribution in [0.15, 0.2) is 78.5 Å². The molecule has 0 bridgehead atoms. The van der Waals surface area contributed by atoms with Gasteiger partial charge in [-0.25, -0.2) is 4.39 Å². The maximum absolute atomic E-state index is 13.5. The first-order valence-corrected chi connectivity index (χ1v) is 10.2. The van der Waals surface area contributed by atoms with Crippen molar-refractivity contribution in [3.05, 3.63) is 107 Å². The average Bonchev–Trinajstić information content (AvgIpc) is 2.96. The molecular formula is C26H23FN2O2. The highest BCUT2D eigenvalue weighted by Crippen LogP contribution is 2.31. The smallest absolute Gasteiger partial charge is 0.278 e. The number of carbonyl (C=O) groups excluding carboxylic acids is 2. The molecule has 1 N–H and O–H groups in total. The number of halogens is 1. The summed E-state index contributed by atoms with van der Waals surface area (Å²) in [7, 11) is 0. The van der Waals surface area contributed by atoms with Crippen LogP contribution in [0.5, 0.6) is 0 Å². The minimum atomic E-state index is -0.397. The van der Waals surface area contributed by atoms with Crippen LogP contribution in [0.25, 0.3) is 5.57 Å². The molecule has 0 spiro atoms. The summed E-state index contributed by atoms with van der Waals surface area (Å²) in [5.41, 5.74) is 4.86. The standard InChI is InChI=1S/C26H23FN2O2/c1-17-14-18(2)16-22(15-17)28-24-23(20-8-10-21(27)11-9-20)25(30)29(26(24)31)13-12-19-6-4-3-5-7-19/h3-11,14-16,28H,12-13H2,1-2H3. The van der Waals surface area contributed by atoms with Crippen LogP contribution < -0.4 is 5.32 Å². The van der Waals surface area contributed by atoms with Crippen LogP contribution in [0, 0.1) is 19.7 Å². The third kappa shape index (κ3) is 4.40. The van der Waals surface area contributed by atoms with Crippen LogP contribution in [0.1, 0.15) is 22.3 Å². The molecule has 0 aromatic heterocycles. The first-order chi connectivity index (χ1) is 14.9. The Morgan fingerprint density at radius 3 is 2.13 bits per heavy atom. The van der Waals surface area contributed by atoms with Crippen molar-refractivity contribution in [3.8, 4) is 0 Å². The number of anilines is 1. The van der Waals surface area contributed by atoms with Gasteiger partial charge in [-0.05, 0) is 66.8 Å². The summed E-state index contributed by atoms with van der Waals surface area (Å²) < 4.78 is 13.5. The molecule has 3 aromatic carbocycles.